The summed E-state index contributed by atoms with van der Waals surface area (Å²) in [6, 6.07) is 13.6. The van der Waals surface area contributed by atoms with Gasteiger partial charge in [-0.3, -0.25) is 4.79 Å². The first-order chi connectivity index (χ1) is 18.0. The summed E-state index contributed by atoms with van der Waals surface area (Å²) in [5.41, 5.74) is 5.28. The summed E-state index contributed by atoms with van der Waals surface area (Å²) in [6.45, 7) is 6.43. The average molecular weight is 495 g/mol. The van der Waals surface area contributed by atoms with E-state index in [1.807, 2.05) is 63.2 Å². The number of carbonyl (C=O) groups is 1. The zero-order chi connectivity index (χ0) is 25.9. The molecule has 37 heavy (non-hydrogen) atoms. The van der Waals surface area contributed by atoms with E-state index >= 15 is 0 Å². The number of fused-ring (bicyclic) bond motifs is 1. The van der Waals surface area contributed by atoms with Crippen molar-refractivity contribution >= 4 is 11.7 Å². The smallest absolute Gasteiger partial charge is 0.272 e. The number of amides is 1. The van der Waals surface area contributed by atoms with Gasteiger partial charge in [0.25, 0.3) is 5.95 Å². The number of aryl methyl sites for hydroxylation is 2. The van der Waals surface area contributed by atoms with Gasteiger partial charge in [0.05, 0.1) is 24.2 Å². The topological polar surface area (TPSA) is 104 Å². The van der Waals surface area contributed by atoms with Crippen molar-refractivity contribution in [2.45, 2.75) is 33.1 Å². The highest BCUT2D eigenvalue weighted by molar-refractivity contribution is 5.95. The standard InChI is InChI=1S/C28H26N6O3/c1-5-13-37-23-12-11-20(14-24(23)36-6-2)21-15-25(35)31-27-26(21)18(4)33-34(27)28-30-22(16-29-32-28)19-9-7-17(3)8-10-19/h1,7-12,14,16,21H,6,13,15H2,2-4H3,(H,31,35)/t21-/m0/s1. The Kier molecular flexibility index (Phi) is 6.56. The van der Waals surface area contributed by atoms with Gasteiger partial charge in [-0.05, 0) is 38.5 Å². The molecule has 2 aromatic heterocycles. The second-order valence-corrected chi connectivity index (χ2v) is 8.70. The lowest BCUT2D eigenvalue weighted by Gasteiger charge is -2.25. The van der Waals surface area contributed by atoms with E-state index in [1.165, 1.54) is 0 Å². The van der Waals surface area contributed by atoms with E-state index in [4.69, 9.17) is 21.0 Å². The van der Waals surface area contributed by atoms with Crippen LogP contribution in [0.2, 0.25) is 0 Å². The fourth-order valence-electron chi connectivity index (χ4n) is 4.47. The Morgan fingerprint density at radius 1 is 1.14 bits per heavy atom. The van der Waals surface area contributed by atoms with Gasteiger partial charge < -0.3 is 14.8 Å². The normalized spacial score (nSPS) is 14.4. The second-order valence-electron chi connectivity index (χ2n) is 8.70. The molecule has 1 aliphatic rings. The number of hydrogen-bond acceptors (Lipinski definition) is 7. The molecule has 1 N–H and O–H groups in total. The van der Waals surface area contributed by atoms with Gasteiger partial charge in [-0.15, -0.1) is 11.5 Å². The summed E-state index contributed by atoms with van der Waals surface area (Å²) in [5.74, 6) is 4.03. The quantitative estimate of drug-likeness (QED) is 0.384. The van der Waals surface area contributed by atoms with E-state index in [2.05, 4.69) is 26.4 Å². The van der Waals surface area contributed by atoms with E-state index in [0.717, 1.165) is 27.9 Å². The SMILES string of the molecule is C#CCOc1ccc([C@@H]2CC(=O)Nc3c2c(C)nn3-c2nncc(-c3ccc(C)cc3)n2)cc1OCC. The Hall–Kier alpha value is -4.71. The lowest BCUT2D eigenvalue weighted by Crippen LogP contribution is -2.25. The third kappa shape index (κ3) is 4.74. The highest BCUT2D eigenvalue weighted by Crippen LogP contribution is 2.42. The third-order valence-corrected chi connectivity index (χ3v) is 6.17. The first kappa shape index (κ1) is 24.0. The minimum atomic E-state index is -0.244. The van der Waals surface area contributed by atoms with Crippen LogP contribution in [-0.2, 0) is 4.79 Å². The van der Waals surface area contributed by atoms with E-state index in [-0.39, 0.29) is 30.8 Å². The van der Waals surface area contributed by atoms with Gasteiger partial charge in [-0.1, -0.05) is 41.8 Å². The maximum atomic E-state index is 12.9. The Morgan fingerprint density at radius 3 is 2.70 bits per heavy atom. The second kappa shape index (κ2) is 10.1. The number of ether oxygens (including phenoxy) is 2. The zero-order valence-electron chi connectivity index (χ0n) is 20.9. The molecule has 9 heteroatoms. The molecule has 0 saturated heterocycles. The Balaban J connectivity index is 1.56. The number of hydrogen-bond donors (Lipinski definition) is 1. The molecule has 0 aliphatic carbocycles. The number of rotatable bonds is 7. The number of carbonyl (C=O) groups excluding carboxylic acids is 1. The van der Waals surface area contributed by atoms with Crippen molar-refractivity contribution in [3.63, 3.8) is 0 Å². The lowest BCUT2D eigenvalue weighted by molar-refractivity contribution is -0.116. The maximum absolute atomic E-state index is 12.9. The van der Waals surface area contributed by atoms with Crippen LogP contribution in [0.1, 0.15) is 41.6 Å². The molecule has 0 saturated carbocycles. The molecular weight excluding hydrogens is 468 g/mol. The molecule has 186 valence electrons. The molecule has 0 radical (unpaired) electrons. The third-order valence-electron chi connectivity index (χ3n) is 6.17. The Labute approximate surface area is 214 Å². The highest BCUT2D eigenvalue weighted by Gasteiger charge is 2.34. The van der Waals surface area contributed by atoms with Crippen LogP contribution in [0.5, 0.6) is 11.5 Å². The molecule has 3 heterocycles. The minimum Gasteiger partial charge on any atom is -0.490 e. The molecular formula is C28H26N6O3. The summed E-state index contributed by atoms with van der Waals surface area (Å²) in [6.07, 6.45) is 7.22. The van der Waals surface area contributed by atoms with Crippen molar-refractivity contribution < 1.29 is 14.3 Å². The molecule has 0 unspecified atom stereocenters. The van der Waals surface area contributed by atoms with Crippen molar-refractivity contribution in [1.82, 2.24) is 25.0 Å². The molecule has 1 aliphatic heterocycles. The zero-order valence-corrected chi connectivity index (χ0v) is 20.9. The lowest BCUT2D eigenvalue weighted by atomic mass is 9.85. The molecule has 0 fully saturated rings. The van der Waals surface area contributed by atoms with Crippen LogP contribution in [-0.4, -0.2) is 44.1 Å². The van der Waals surface area contributed by atoms with Crippen molar-refractivity contribution in [2.24, 2.45) is 0 Å². The highest BCUT2D eigenvalue weighted by atomic mass is 16.5. The summed E-state index contributed by atoms with van der Waals surface area (Å²) < 4.78 is 13.0. The van der Waals surface area contributed by atoms with E-state index in [9.17, 15) is 4.79 Å². The Bertz CT molecular complexity index is 1500. The predicted octanol–water partition coefficient (Wildman–Crippen LogP) is 4.23. The van der Waals surface area contributed by atoms with Gasteiger partial charge in [0, 0.05) is 23.5 Å². The average Bonchev–Trinajstić information content (AvgIpc) is 3.24. The van der Waals surface area contributed by atoms with Crippen LogP contribution in [0.15, 0.2) is 48.7 Å². The van der Waals surface area contributed by atoms with Gasteiger partial charge in [-0.2, -0.15) is 14.9 Å². The van der Waals surface area contributed by atoms with E-state index in [0.29, 0.717) is 29.6 Å². The molecule has 9 nitrogen and oxygen atoms in total. The molecule has 2 aromatic carbocycles. The molecule has 4 aromatic rings. The molecule has 0 bridgehead atoms. The summed E-state index contributed by atoms with van der Waals surface area (Å²) in [7, 11) is 0. The van der Waals surface area contributed by atoms with Crippen LogP contribution < -0.4 is 14.8 Å². The molecule has 1 atom stereocenters. The van der Waals surface area contributed by atoms with Gasteiger partial charge in [-0.25, -0.2) is 4.98 Å². The van der Waals surface area contributed by atoms with Crippen LogP contribution in [0, 0.1) is 26.2 Å². The van der Waals surface area contributed by atoms with E-state index < -0.39 is 0 Å². The fraction of sp³-hybridized carbons (Fsp3) is 0.250. The number of aromatic nitrogens is 5. The monoisotopic (exact) mass is 494 g/mol. The first-order valence-electron chi connectivity index (χ1n) is 12.0. The van der Waals surface area contributed by atoms with Crippen molar-refractivity contribution in [2.75, 3.05) is 18.5 Å². The molecule has 5 rings (SSSR count). The van der Waals surface area contributed by atoms with Crippen LogP contribution >= 0.6 is 0 Å². The van der Waals surface area contributed by atoms with Crippen LogP contribution in [0.3, 0.4) is 0 Å². The van der Waals surface area contributed by atoms with Gasteiger partial charge in [0.1, 0.15) is 12.4 Å². The fourth-order valence-corrected chi connectivity index (χ4v) is 4.47. The largest absolute Gasteiger partial charge is 0.490 e. The van der Waals surface area contributed by atoms with Crippen LogP contribution in [0.25, 0.3) is 17.2 Å². The predicted molar refractivity (Wildman–Crippen MR) is 139 cm³/mol. The summed E-state index contributed by atoms with van der Waals surface area (Å²) >= 11 is 0. The number of terminal acetylenes is 1. The number of anilines is 1. The molecule has 1 amide bonds. The summed E-state index contributed by atoms with van der Waals surface area (Å²) in [5, 5.41) is 16.0. The van der Waals surface area contributed by atoms with Gasteiger partial charge in [0.2, 0.25) is 5.91 Å². The van der Waals surface area contributed by atoms with Crippen molar-refractivity contribution in [3.05, 3.63) is 71.0 Å². The number of benzene rings is 2. The van der Waals surface area contributed by atoms with Gasteiger partial charge >= 0.3 is 0 Å². The Morgan fingerprint density at radius 2 is 1.95 bits per heavy atom. The van der Waals surface area contributed by atoms with Crippen molar-refractivity contribution in [1.29, 1.82) is 0 Å². The minimum absolute atomic E-state index is 0.132. The number of nitrogens with one attached hydrogen (secondary N) is 1. The van der Waals surface area contributed by atoms with Crippen LogP contribution in [0.4, 0.5) is 5.82 Å². The number of nitrogens with zero attached hydrogens (tertiary/aromatic N) is 5. The summed E-state index contributed by atoms with van der Waals surface area (Å²) in [4.78, 5) is 17.5. The van der Waals surface area contributed by atoms with Gasteiger partial charge in [0.15, 0.2) is 11.5 Å². The van der Waals surface area contributed by atoms with Crippen molar-refractivity contribution in [3.8, 4) is 41.0 Å². The first-order valence-corrected chi connectivity index (χ1v) is 12.0. The molecule has 0 spiro atoms. The van der Waals surface area contributed by atoms with E-state index in [1.54, 1.807) is 10.9 Å². The maximum Gasteiger partial charge on any atom is 0.272 e.